The molecule has 5 heteroatoms. The van der Waals surface area contributed by atoms with Gasteiger partial charge < -0.3 is 23.9 Å². The van der Waals surface area contributed by atoms with E-state index in [0.29, 0.717) is 30.4 Å². The van der Waals surface area contributed by atoms with E-state index in [4.69, 9.17) is 18.6 Å². The average molecular weight is 291 g/mol. The highest BCUT2D eigenvalue weighted by Crippen LogP contribution is 2.28. The molecule has 0 radical (unpaired) electrons. The Bertz CT molecular complexity index is 543. The van der Waals surface area contributed by atoms with E-state index in [1.54, 1.807) is 26.5 Å². The summed E-state index contributed by atoms with van der Waals surface area (Å²) >= 11 is 0. The molecule has 2 aromatic rings. The Balaban J connectivity index is 2.04. The fraction of sp³-hybridized carbons (Fsp3) is 0.375. The quantitative estimate of drug-likeness (QED) is 0.810. The summed E-state index contributed by atoms with van der Waals surface area (Å²) in [5.74, 6) is 2.99. The van der Waals surface area contributed by atoms with Crippen LogP contribution in [0, 0.1) is 0 Å². The van der Waals surface area contributed by atoms with Gasteiger partial charge in [-0.1, -0.05) is 6.92 Å². The largest absolute Gasteiger partial charge is 0.496 e. The first-order chi connectivity index (χ1) is 10.3. The number of furan rings is 1. The lowest BCUT2D eigenvalue weighted by molar-refractivity contribution is 0.296. The van der Waals surface area contributed by atoms with Gasteiger partial charge in [-0.15, -0.1) is 0 Å². The summed E-state index contributed by atoms with van der Waals surface area (Å²) in [5.41, 5.74) is 1.03. The third kappa shape index (κ3) is 4.16. The van der Waals surface area contributed by atoms with Crippen LogP contribution in [0.25, 0.3) is 0 Å². The second-order valence-corrected chi connectivity index (χ2v) is 4.49. The van der Waals surface area contributed by atoms with E-state index in [2.05, 4.69) is 12.2 Å². The summed E-state index contributed by atoms with van der Waals surface area (Å²) in [4.78, 5) is 0. The topological polar surface area (TPSA) is 52.9 Å². The van der Waals surface area contributed by atoms with E-state index in [-0.39, 0.29) is 0 Å². The predicted octanol–water partition coefficient (Wildman–Crippen LogP) is 2.99. The Hall–Kier alpha value is -2.14. The molecule has 1 N–H and O–H groups in total. The highest BCUT2D eigenvalue weighted by atomic mass is 16.5. The van der Waals surface area contributed by atoms with Crippen molar-refractivity contribution >= 4 is 0 Å². The second kappa shape index (κ2) is 7.59. The average Bonchev–Trinajstić information content (AvgIpc) is 2.97. The lowest BCUT2D eigenvalue weighted by Gasteiger charge is -2.10. The zero-order valence-corrected chi connectivity index (χ0v) is 12.6. The van der Waals surface area contributed by atoms with Crippen LogP contribution in [0.4, 0.5) is 0 Å². The molecule has 0 aliphatic rings. The summed E-state index contributed by atoms with van der Waals surface area (Å²) in [6, 6.07) is 7.38. The van der Waals surface area contributed by atoms with Crippen LogP contribution < -0.4 is 19.5 Å². The van der Waals surface area contributed by atoms with Crippen molar-refractivity contribution < 1.29 is 18.6 Å². The zero-order chi connectivity index (χ0) is 15.1. The fourth-order valence-electron chi connectivity index (χ4n) is 1.92. The normalized spacial score (nSPS) is 10.4. The molecule has 0 bridgehead atoms. The Morgan fingerprint density at radius 1 is 1.05 bits per heavy atom. The maximum atomic E-state index is 5.81. The van der Waals surface area contributed by atoms with Crippen molar-refractivity contribution in [2.24, 2.45) is 0 Å². The van der Waals surface area contributed by atoms with Crippen molar-refractivity contribution in [3.8, 4) is 17.2 Å². The van der Waals surface area contributed by atoms with Crippen molar-refractivity contribution in [1.82, 2.24) is 5.32 Å². The molecule has 0 unspecified atom stereocenters. The molecule has 0 atom stereocenters. The molecule has 21 heavy (non-hydrogen) atoms. The number of ether oxygens (including phenoxy) is 3. The molecular formula is C16H21NO4. The van der Waals surface area contributed by atoms with Crippen LogP contribution in [0.3, 0.4) is 0 Å². The van der Waals surface area contributed by atoms with Crippen molar-refractivity contribution in [2.75, 3.05) is 20.8 Å². The number of nitrogens with one attached hydrogen (secondary N) is 1. The Morgan fingerprint density at radius 2 is 1.71 bits per heavy atom. The van der Waals surface area contributed by atoms with Gasteiger partial charge in [0.25, 0.3) is 0 Å². The van der Waals surface area contributed by atoms with Crippen LogP contribution in [0.15, 0.2) is 34.9 Å². The smallest absolute Gasteiger partial charge is 0.127 e. The van der Waals surface area contributed by atoms with Gasteiger partial charge in [-0.3, -0.25) is 0 Å². The van der Waals surface area contributed by atoms with Gasteiger partial charge in [0.05, 0.1) is 27.0 Å². The molecule has 0 aliphatic heterocycles. The van der Waals surface area contributed by atoms with Crippen LogP contribution in [-0.4, -0.2) is 20.8 Å². The second-order valence-electron chi connectivity index (χ2n) is 4.49. The molecule has 0 amide bonds. The number of benzene rings is 1. The molecule has 1 aromatic heterocycles. The van der Waals surface area contributed by atoms with Crippen molar-refractivity contribution in [3.05, 3.63) is 41.9 Å². The van der Waals surface area contributed by atoms with E-state index < -0.39 is 0 Å². The Labute approximate surface area is 124 Å². The van der Waals surface area contributed by atoms with E-state index in [1.165, 1.54) is 0 Å². The van der Waals surface area contributed by atoms with Gasteiger partial charge in [-0.05, 0) is 12.6 Å². The first-order valence-corrected chi connectivity index (χ1v) is 6.88. The van der Waals surface area contributed by atoms with E-state index in [1.807, 2.05) is 18.2 Å². The lowest BCUT2D eigenvalue weighted by atomic mass is 10.2. The van der Waals surface area contributed by atoms with Gasteiger partial charge >= 0.3 is 0 Å². The molecule has 0 saturated heterocycles. The van der Waals surface area contributed by atoms with Crippen LogP contribution in [0.1, 0.15) is 18.2 Å². The Kier molecular flexibility index (Phi) is 5.51. The van der Waals surface area contributed by atoms with Crippen LogP contribution in [-0.2, 0) is 13.2 Å². The standard InChI is InChI=1S/C16H21NO4/c1-4-17-10-16-12(5-6-20-16)11-21-15-8-13(18-2)7-14(9-15)19-3/h5-9,17H,4,10-11H2,1-3H3. The molecule has 0 aliphatic carbocycles. The zero-order valence-electron chi connectivity index (χ0n) is 12.6. The molecule has 0 spiro atoms. The highest BCUT2D eigenvalue weighted by Gasteiger charge is 2.08. The van der Waals surface area contributed by atoms with Crippen LogP contribution in [0.2, 0.25) is 0 Å². The number of rotatable bonds is 8. The van der Waals surface area contributed by atoms with E-state index in [0.717, 1.165) is 17.9 Å². The summed E-state index contributed by atoms with van der Waals surface area (Å²) in [6.45, 7) is 4.09. The third-order valence-electron chi connectivity index (χ3n) is 3.09. The fourth-order valence-corrected chi connectivity index (χ4v) is 1.92. The highest BCUT2D eigenvalue weighted by molar-refractivity contribution is 5.42. The van der Waals surface area contributed by atoms with Crippen molar-refractivity contribution in [1.29, 1.82) is 0 Å². The van der Waals surface area contributed by atoms with Crippen LogP contribution in [0.5, 0.6) is 17.2 Å². The minimum Gasteiger partial charge on any atom is -0.496 e. The van der Waals surface area contributed by atoms with Gasteiger partial charge in [-0.2, -0.15) is 0 Å². The number of hydrogen-bond acceptors (Lipinski definition) is 5. The van der Waals surface area contributed by atoms with Gasteiger partial charge in [-0.25, -0.2) is 0 Å². The SMILES string of the molecule is CCNCc1occc1COc1cc(OC)cc(OC)c1. The molecule has 5 nitrogen and oxygen atoms in total. The minimum absolute atomic E-state index is 0.438. The predicted molar refractivity (Wildman–Crippen MR) is 80.0 cm³/mol. The number of hydrogen-bond donors (Lipinski definition) is 1. The Morgan fingerprint density at radius 3 is 2.33 bits per heavy atom. The van der Waals surface area contributed by atoms with Gasteiger partial charge in [0.2, 0.25) is 0 Å². The summed E-state index contributed by atoms with van der Waals surface area (Å²) in [5, 5.41) is 3.24. The third-order valence-corrected chi connectivity index (χ3v) is 3.09. The molecule has 1 aromatic carbocycles. The first kappa shape index (κ1) is 15.3. The van der Waals surface area contributed by atoms with Crippen molar-refractivity contribution in [3.63, 3.8) is 0 Å². The maximum absolute atomic E-state index is 5.81. The molecule has 1 heterocycles. The molecule has 2 rings (SSSR count). The monoisotopic (exact) mass is 291 g/mol. The molecular weight excluding hydrogens is 270 g/mol. The maximum Gasteiger partial charge on any atom is 0.127 e. The molecule has 114 valence electrons. The summed E-state index contributed by atoms with van der Waals surface area (Å²) in [6.07, 6.45) is 1.68. The van der Waals surface area contributed by atoms with Gasteiger partial charge in [0.15, 0.2) is 0 Å². The summed E-state index contributed by atoms with van der Waals surface area (Å²) < 4.78 is 21.7. The van der Waals surface area contributed by atoms with Crippen LogP contribution >= 0.6 is 0 Å². The van der Waals surface area contributed by atoms with E-state index in [9.17, 15) is 0 Å². The van der Waals surface area contributed by atoms with Crippen molar-refractivity contribution in [2.45, 2.75) is 20.1 Å². The lowest BCUT2D eigenvalue weighted by Crippen LogP contribution is -2.12. The molecule has 0 saturated carbocycles. The van der Waals surface area contributed by atoms with E-state index >= 15 is 0 Å². The van der Waals surface area contributed by atoms with Gasteiger partial charge in [0, 0.05) is 23.8 Å². The minimum atomic E-state index is 0.438. The first-order valence-electron chi connectivity index (χ1n) is 6.88. The van der Waals surface area contributed by atoms with Gasteiger partial charge in [0.1, 0.15) is 29.6 Å². The molecule has 0 fully saturated rings. The summed E-state index contributed by atoms with van der Waals surface area (Å²) in [7, 11) is 3.23. The number of methoxy groups -OCH3 is 2.